The molecule has 0 fully saturated rings. The van der Waals surface area contributed by atoms with Crippen molar-refractivity contribution >= 4 is 17.2 Å². The van der Waals surface area contributed by atoms with Crippen LogP contribution in [-0.2, 0) is 17.9 Å². The van der Waals surface area contributed by atoms with E-state index in [2.05, 4.69) is 35.8 Å². The largest absolute Gasteiger partial charge is 0.338 e. The number of quaternary nitrogens is 1. The average Bonchev–Trinajstić information content (AvgIpc) is 3.01. The molecule has 0 bridgehead atoms. The summed E-state index contributed by atoms with van der Waals surface area (Å²) in [5.41, 5.74) is 1.18. The molecule has 0 unspecified atom stereocenters. The van der Waals surface area contributed by atoms with Crippen LogP contribution in [0.1, 0.15) is 23.8 Å². The molecule has 21 heavy (non-hydrogen) atoms. The predicted molar refractivity (Wildman–Crippen MR) is 87.0 cm³/mol. The van der Waals surface area contributed by atoms with Crippen LogP contribution in [0.5, 0.6) is 0 Å². The van der Waals surface area contributed by atoms with Crippen molar-refractivity contribution in [3.8, 4) is 0 Å². The van der Waals surface area contributed by atoms with Crippen molar-refractivity contribution in [3.05, 3.63) is 58.3 Å². The maximum Gasteiger partial charge on any atom is 0.278 e. The van der Waals surface area contributed by atoms with Gasteiger partial charge in [-0.25, -0.2) is 0 Å². The summed E-state index contributed by atoms with van der Waals surface area (Å²) in [6.45, 7) is 5.05. The summed E-state index contributed by atoms with van der Waals surface area (Å²) in [4.78, 5) is 15.6. The summed E-state index contributed by atoms with van der Waals surface area (Å²) >= 11 is 1.70. The summed E-state index contributed by atoms with van der Waals surface area (Å²) in [5.74, 6) is 0.209. The van der Waals surface area contributed by atoms with Gasteiger partial charge in [0.15, 0.2) is 6.54 Å². The first-order valence-electron chi connectivity index (χ1n) is 7.45. The second-order valence-electron chi connectivity index (χ2n) is 5.10. The SMILES string of the molecule is CCC[NH2+]CC(=O)N(Cc1ccccc1)Cc1cccs1. The normalized spacial score (nSPS) is 10.5. The first kappa shape index (κ1) is 15.7. The lowest BCUT2D eigenvalue weighted by Gasteiger charge is -2.21. The number of nitrogens with two attached hydrogens (primary N) is 1. The lowest BCUT2D eigenvalue weighted by atomic mass is 10.2. The van der Waals surface area contributed by atoms with Crippen molar-refractivity contribution in [1.82, 2.24) is 4.90 Å². The van der Waals surface area contributed by atoms with Gasteiger partial charge in [0, 0.05) is 11.4 Å². The quantitative estimate of drug-likeness (QED) is 0.746. The molecule has 0 atom stereocenters. The average molecular weight is 303 g/mol. The molecule has 0 spiro atoms. The zero-order chi connectivity index (χ0) is 14.9. The Morgan fingerprint density at radius 2 is 1.95 bits per heavy atom. The van der Waals surface area contributed by atoms with Gasteiger partial charge in [0.25, 0.3) is 5.91 Å². The van der Waals surface area contributed by atoms with Crippen LogP contribution in [0.15, 0.2) is 47.8 Å². The zero-order valence-electron chi connectivity index (χ0n) is 12.5. The summed E-state index contributed by atoms with van der Waals surface area (Å²) in [6, 6.07) is 14.3. The summed E-state index contributed by atoms with van der Waals surface area (Å²) in [6.07, 6.45) is 1.09. The second-order valence-corrected chi connectivity index (χ2v) is 6.13. The van der Waals surface area contributed by atoms with Crippen LogP contribution in [-0.4, -0.2) is 23.9 Å². The fourth-order valence-corrected chi connectivity index (χ4v) is 2.90. The molecule has 0 saturated carbocycles. The standard InChI is InChI=1S/C17H22N2OS/c1-2-10-18-12-17(20)19(14-16-9-6-11-21-16)13-15-7-4-3-5-8-15/h3-9,11,18H,2,10,12-14H2,1H3/p+1. The van der Waals surface area contributed by atoms with Crippen molar-refractivity contribution in [2.45, 2.75) is 26.4 Å². The number of hydrogen-bond acceptors (Lipinski definition) is 2. The van der Waals surface area contributed by atoms with Crippen LogP contribution in [0.3, 0.4) is 0 Å². The Morgan fingerprint density at radius 3 is 2.62 bits per heavy atom. The van der Waals surface area contributed by atoms with E-state index in [1.165, 1.54) is 10.4 Å². The van der Waals surface area contributed by atoms with Crippen molar-refractivity contribution in [2.24, 2.45) is 0 Å². The third kappa shape index (κ3) is 5.33. The molecule has 0 radical (unpaired) electrons. The van der Waals surface area contributed by atoms with E-state index in [0.717, 1.165) is 13.0 Å². The number of rotatable bonds is 8. The Hall–Kier alpha value is -1.65. The molecule has 2 aromatic rings. The molecule has 2 rings (SSSR count). The highest BCUT2D eigenvalue weighted by Crippen LogP contribution is 2.14. The Kier molecular flexibility index (Phi) is 6.44. The topological polar surface area (TPSA) is 36.9 Å². The van der Waals surface area contributed by atoms with Gasteiger partial charge in [-0.1, -0.05) is 43.3 Å². The zero-order valence-corrected chi connectivity index (χ0v) is 13.3. The molecule has 0 aliphatic rings. The number of hydrogen-bond donors (Lipinski definition) is 1. The number of carbonyl (C=O) groups excluding carboxylic acids is 1. The van der Waals surface area contributed by atoms with E-state index in [1.54, 1.807) is 11.3 Å². The van der Waals surface area contributed by atoms with Gasteiger partial charge in [0.2, 0.25) is 0 Å². The fraction of sp³-hybridized carbons (Fsp3) is 0.353. The second kappa shape index (κ2) is 8.60. The minimum atomic E-state index is 0.209. The van der Waals surface area contributed by atoms with E-state index in [-0.39, 0.29) is 5.91 Å². The molecule has 4 heteroatoms. The highest BCUT2D eigenvalue weighted by atomic mass is 32.1. The summed E-state index contributed by atoms with van der Waals surface area (Å²) in [7, 11) is 0. The van der Waals surface area contributed by atoms with Gasteiger partial charge in [-0.05, 0) is 23.4 Å². The van der Waals surface area contributed by atoms with Gasteiger partial charge >= 0.3 is 0 Å². The van der Waals surface area contributed by atoms with Crippen LogP contribution in [0.25, 0.3) is 0 Å². The maximum atomic E-state index is 12.4. The smallest absolute Gasteiger partial charge is 0.278 e. The van der Waals surface area contributed by atoms with E-state index in [0.29, 0.717) is 19.6 Å². The monoisotopic (exact) mass is 303 g/mol. The van der Waals surface area contributed by atoms with E-state index in [4.69, 9.17) is 0 Å². The van der Waals surface area contributed by atoms with Crippen LogP contribution in [0, 0.1) is 0 Å². The molecule has 1 aromatic heterocycles. The van der Waals surface area contributed by atoms with Crippen molar-refractivity contribution < 1.29 is 10.1 Å². The Balaban J connectivity index is 2.00. The van der Waals surface area contributed by atoms with Crippen molar-refractivity contribution in [1.29, 1.82) is 0 Å². The molecular weight excluding hydrogens is 280 g/mol. The number of nitrogens with zero attached hydrogens (tertiary/aromatic N) is 1. The fourth-order valence-electron chi connectivity index (χ4n) is 2.19. The number of carbonyl (C=O) groups is 1. The van der Waals surface area contributed by atoms with Crippen LogP contribution < -0.4 is 5.32 Å². The molecule has 0 aliphatic heterocycles. The molecule has 0 saturated heterocycles. The molecule has 1 heterocycles. The molecule has 0 aliphatic carbocycles. The summed E-state index contributed by atoms with van der Waals surface area (Å²) in [5, 5.41) is 4.15. The molecule has 2 N–H and O–H groups in total. The molecule has 112 valence electrons. The summed E-state index contributed by atoms with van der Waals surface area (Å²) < 4.78 is 0. The van der Waals surface area contributed by atoms with Crippen LogP contribution in [0.4, 0.5) is 0 Å². The molecule has 3 nitrogen and oxygen atoms in total. The van der Waals surface area contributed by atoms with Crippen molar-refractivity contribution in [3.63, 3.8) is 0 Å². The molecule has 1 aromatic carbocycles. The third-order valence-corrected chi connectivity index (χ3v) is 4.17. The Bertz CT molecular complexity index is 525. The lowest BCUT2D eigenvalue weighted by Crippen LogP contribution is -2.86. The van der Waals surface area contributed by atoms with Gasteiger partial charge in [0.05, 0.1) is 13.1 Å². The maximum absolute atomic E-state index is 12.4. The highest BCUT2D eigenvalue weighted by Gasteiger charge is 2.16. The van der Waals surface area contributed by atoms with Gasteiger partial charge in [-0.2, -0.15) is 0 Å². The van der Waals surface area contributed by atoms with E-state index >= 15 is 0 Å². The van der Waals surface area contributed by atoms with Crippen molar-refractivity contribution in [2.75, 3.05) is 13.1 Å². The van der Waals surface area contributed by atoms with Crippen LogP contribution >= 0.6 is 11.3 Å². The molecule has 1 amide bonds. The minimum absolute atomic E-state index is 0.209. The predicted octanol–water partition coefficient (Wildman–Crippen LogP) is 2.25. The molecular formula is C17H23N2OS+. The van der Waals surface area contributed by atoms with Crippen LogP contribution in [0.2, 0.25) is 0 Å². The first-order chi connectivity index (χ1) is 10.3. The minimum Gasteiger partial charge on any atom is -0.338 e. The third-order valence-electron chi connectivity index (χ3n) is 3.31. The lowest BCUT2D eigenvalue weighted by molar-refractivity contribution is -0.644. The van der Waals surface area contributed by atoms with E-state index in [1.807, 2.05) is 29.2 Å². The van der Waals surface area contributed by atoms with Gasteiger partial charge in [0.1, 0.15) is 0 Å². The number of amides is 1. The van der Waals surface area contributed by atoms with Gasteiger partial charge < -0.3 is 10.2 Å². The van der Waals surface area contributed by atoms with E-state index < -0.39 is 0 Å². The number of benzene rings is 1. The Labute approximate surface area is 130 Å². The van der Waals surface area contributed by atoms with Gasteiger partial charge in [-0.3, -0.25) is 4.79 Å². The van der Waals surface area contributed by atoms with Gasteiger partial charge in [-0.15, -0.1) is 11.3 Å². The van der Waals surface area contributed by atoms with E-state index in [9.17, 15) is 4.79 Å². The number of thiophene rings is 1. The Morgan fingerprint density at radius 1 is 1.14 bits per heavy atom. The first-order valence-corrected chi connectivity index (χ1v) is 8.33. The highest BCUT2D eigenvalue weighted by molar-refractivity contribution is 7.09.